The summed E-state index contributed by atoms with van der Waals surface area (Å²) in [6, 6.07) is 17.3. The van der Waals surface area contributed by atoms with Crippen LogP contribution in [0.3, 0.4) is 0 Å². The van der Waals surface area contributed by atoms with Crippen molar-refractivity contribution in [2.75, 3.05) is 0 Å². The molecule has 0 fully saturated rings. The van der Waals surface area contributed by atoms with Crippen LogP contribution in [-0.4, -0.2) is 15.4 Å². The number of hydrogen-bond acceptors (Lipinski definition) is 3. The van der Waals surface area contributed by atoms with Gasteiger partial charge in [0.1, 0.15) is 5.03 Å². The molecule has 1 aromatic heterocycles. The molecule has 0 aliphatic carbocycles. The van der Waals surface area contributed by atoms with Crippen LogP contribution >= 0.6 is 11.8 Å². The molecule has 4 heteroatoms. The molecule has 20 heavy (non-hydrogen) atoms. The van der Waals surface area contributed by atoms with Gasteiger partial charge in [-0.3, -0.25) is 0 Å². The Hall–Kier alpha value is -2.07. The molecule has 3 rings (SSSR count). The van der Waals surface area contributed by atoms with Crippen molar-refractivity contribution in [3.63, 3.8) is 0 Å². The average Bonchev–Trinajstić information content (AvgIpc) is 2.99. The highest BCUT2D eigenvalue weighted by Crippen LogP contribution is 2.24. The monoisotopic (exact) mass is 281 g/mol. The normalized spacial score (nSPS) is 10.7. The number of aromatic nitrogens is 3. The lowest BCUT2D eigenvalue weighted by Gasteiger charge is -2.05. The van der Waals surface area contributed by atoms with Gasteiger partial charge in [0.2, 0.25) is 0 Å². The minimum Gasteiger partial charge on any atom is -0.197 e. The number of aromatic amines is 1. The quantitative estimate of drug-likeness (QED) is 0.733. The van der Waals surface area contributed by atoms with Crippen LogP contribution in [0.15, 0.2) is 59.8 Å². The number of benzene rings is 2. The summed E-state index contributed by atoms with van der Waals surface area (Å²) in [5.41, 5.74) is 5.09. The second-order valence-electron chi connectivity index (χ2n) is 4.66. The lowest BCUT2D eigenvalue weighted by Crippen LogP contribution is -1.83. The van der Waals surface area contributed by atoms with E-state index in [0.717, 1.165) is 10.8 Å². The van der Waals surface area contributed by atoms with Crippen molar-refractivity contribution in [2.24, 2.45) is 0 Å². The topological polar surface area (TPSA) is 41.6 Å². The molecule has 1 heterocycles. The molecule has 0 bridgehead atoms. The Labute approximate surface area is 122 Å². The molecule has 1 N–H and O–H groups in total. The summed E-state index contributed by atoms with van der Waals surface area (Å²) < 4.78 is 0. The summed E-state index contributed by atoms with van der Waals surface area (Å²) in [4.78, 5) is 0. The molecule has 0 aliphatic rings. The molecular formula is C16H15N3S. The average molecular weight is 281 g/mol. The van der Waals surface area contributed by atoms with Crippen molar-refractivity contribution in [1.29, 1.82) is 0 Å². The molecule has 3 nitrogen and oxygen atoms in total. The fraction of sp³-hybridized carbons (Fsp3) is 0.125. The zero-order valence-electron chi connectivity index (χ0n) is 11.2. The summed E-state index contributed by atoms with van der Waals surface area (Å²) in [6.07, 6.45) is 1.74. The first-order chi connectivity index (χ1) is 9.81. The molecule has 0 spiro atoms. The van der Waals surface area contributed by atoms with E-state index in [1.54, 1.807) is 18.0 Å². The predicted molar refractivity (Wildman–Crippen MR) is 82.6 cm³/mol. The first-order valence-corrected chi connectivity index (χ1v) is 7.44. The third kappa shape index (κ3) is 3.08. The number of nitrogens with zero attached hydrogens (tertiary/aromatic N) is 2. The molecule has 0 saturated heterocycles. The Morgan fingerprint density at radius 1 is 1.05 bits per heavy atom. The maximum Gasteiger partial charge on any atom is 0.139 e. The smallest absolute Gasteiger partial charge is 0.139 e. The van der Waals surface area contributed by atoms with Gasteiger partial charge in [0.25, 0.3) is 0 Å². The van der Waals surface area contributed by atoms with Crippen molar-refractivity contribution in [3.05, 3.63) is 65.9 Å². The summed E-state index contributed by atoms with van der Waals surface area (Å²) >= 11 is 1.68. The van der Waals surface area contributed by atoms with Gasteiger partial charge in [-0.15, -0.1) is 5.10 Å². The molecule has 2 aromatic carbocycles. The highest BCUT2D eigenvalue weighted by Gasteiger charge is 2.01. The highest BCUT2D eigenvalue weighted by molar-refractivity contribution is 7.98. The maximum absolute atomic E-state index is 4.03. The van der Waals surface area contributed by atoms with E-state index >= 15 is 0 Å². The van der Waals surface area contributed by atoms with Crippen LogP contribution in [0.25, 0.3) is 11.1 Å². The van der Waals surface area contributed by atoms with Crippen molar-refractivity contribution in [3.8, 4) is 11.1 Å². The van der Waals surface area contributed by atoms with Gasteiger partial charge in [0.15, 0.2) is 0 Å². The molecule has 0 amide bonds. The van der Waals surface area contributed by atoms with Crippen LogP contribution < -0.4 is 0 Å². The molecule has 3 aromatic rings. The van der Waals surface area contributed by atoms with Gasteiger partial charge in [0.05, 0.1) is 6.20 Å². The van der Waals surface area contributed by atoms with Crippen molar-refractivity contribution in [2.45, 2.75) is 17.7 Å². The molecule has 0 radical (unpaired) electrons. The van der Waals surface area contributed by atoms with E-state index in [1.165, 1.54) is 22.3 Å². The van der Waals surface area contributed by atoms with Crippen molar-refractivity contribution < 1.29 is 0 Å². The van der Waals surface area contributed by atoms with Crippen LogP contribution in [0.1, 0.15) is 11.1 Å². The van der Waals surface area contributed by atoms with Gasteiger partial charge in [0, 0.05) is 5.75 Å². The predicted octanol–water partition coefficient (Wildman–Crippen LogP) is 4.07. The molecule has 0 atom stereocenters. The van der Waals surface area contributed by atoms with Crippen molar-refractivity contribution >= 4 is 11.8 Å². The molecule has 100 valence electrons. The van der Waals surface area contributed by atoms with Crippen LogP contribution in [-0.2, 0) is 5.75 Å². The maximum atomic E-state index is 4.03. The fourth-order valence-corrected chi connectivity index (χ4v) is 2.78. The van der Waals surface area contributed by atoms with Crippen molar-refractivity contribution in [1.82, 2.24) is 15.4 Å². The third-order valence-corrected chi connectivity index (χ3v) is 4.06. The summed E-state index contributed by atoms with van der Waals surface area (Å²) in [7, 11) is 0. The number of thioether (sulfide) groups is 1. The number of H-pyrrole nitrogens is 1. The van der Waals surface area contributed by atoms with Gasteiger partial charge >= 0.3 is 0 Å². The Balaban J connectivity index is 1.71. The lowest BCUT2D eigenvalue weighted by molar-refractivity contribution is 0.911. The second-order valence-corrected chi connectivity index (χ2v) is 5.66. The fourth-order valence-electron chi connectivity index (χ4n) is 2.04. The van der Waals surface area contributed by atoms with Gasteiger partial charge < -0.3 is 0 Å². The van der Waals surface area contributed by atoms with E-state index in [2.05, 4.69) is 70.9 Å². The van der Waals surface area contributed by atoms with Crippen LogP contribution in [0, 0.1) is 6.92 Å². The van der Waals surface area contributed by atoms with E-state index in [9.17, 15) is 0 Å². The number of hydrogen-bond donors (Lipinski definition) is 1. The third-order valence-electron chi connectivity index (χ3n) is 3.08. The number of aryl methyl sites for hydroxylation is 1. The standard InChI is InChI=1S/C16H15N3S/c1-12-3-2-4-15(9-12)14-7-5-13(6-8-14)11-20-16-10-17-19-18-16/h2-10H,11H2,1H3,(H,17,18,19). The van der Waals surface area contributed by atoms with E-state index in [1.807, 2.05) is 0 Å². The van der Waals surface area contributed by atoms with E-state index in [4.69, 9.17) is 0 Å². The largest absolute Gasteiger partial charge is 0.197 e. The van der Waals surface area contributed by atoms with Crippen LogP contribution in [0.2, 0.25) is 0 Å². The summed E-state index contributed by atoms with van der Waals surface area (Å²) in [5, 5.41) is 11.4. The molecular weight excluding hydrogens is 266 g/mol. The van der Waals surface area contributed by atoms with E-state index < -0.39 is 0 Å². The van der Waals surface area contributed by atoms with Gasteiger partial charge in [-0.1, -0.05) is 65.9 Å². The lowest BCUT2D eigenvalue weighted by atomic mass is 10.0. The van der Waals surface area contributed by atoms with E-state index in [-0.39, 0.29) is 0 Å². The first-order valence-electron chi connectivity index (χ1n) is 6.46. The Bertz CT molecular complexity index is 675. The minimum absolute atomic E-state index is 0.903. The molecule has 0 saturated carbocycles. The van der Waals surface area contributed by atoms with Crippen LogP contribution in [0.5, 0.6) is 0 Å². The van der Waals surface area contributed by atoms with Crippen LogP contribution in [0.4, 0.5) is 0 Å². The highest BCUT2D eigenvalue weighted by atomic mass is 32.2. The van der Waals surface area contributed by atoms with E-state index in [0.29, 0.717) is 0 Å². The van der Waals surface area contributed by atoms with Gasteiger partial charge in [-0.25, -0.2) is 0 Å². The summed E-state index contributed by atoms with van der Waals surface area (Å²) in [6.45, 7) is 2.12. The SMILES string of the molecule is Cc1cccc(-c2ccc(CSc3cn[nH]n3)cc2)c1. The zero-order valence-corrected chi connectivity index (χ0v) is 12.0. The van der Waals surface area contributed by atoms with Gasteiger partial charge in [-0.05, 0) is 23.6 Å². The number of nitrogens with one attached hydrogen (secondary N) is 1. The Morgan fingerprint density at radius 2 is 1.90 bits per heavy atom. The molecule has 0 unspecified atom stereocenters. The zero-order chi connectivity index (χ0) is 13.8. The second kappa shape index (κ2) is 5.92. The minimum atomic E-state index is 0.903. The molecule has 0 aliphatic heterocycles. The first kappa shape index (κ1) is 12.9. The van der Waals surface area contributed by atoms with Gasteiger partial charge in [-0.2, -0.15) is 10.3 Å². The summed E-state index contributed by atoms with van der Waals surface area (Å²) in [5.74, 6) is 0.903. The number of rotatable bonds is 4. The Kier molecular flexibility index (Phi) is 3.83. The Morgan fingerprint density at radius 3 is 2.60 bits per heavy atom.